The van der Waals surface area contributed by atoms with Gasteiger partial charge in [0.1, 0.15) is 0 Å². The van der Waals surface area contributed by atoms with E-state index in [4.69, 9.17) is 0 Å². The zero-order valence-corrected chi connectivity index (χ0v) is 13.8. The molecule has 1 N–H and O–H groups in total. The maximum absolute atomic E-state index is 3.57. The van der Waals surface area contributed by atoms with Gasteiger partial charge in [0.15, 0.2) is 0 Å². The molecule has 3 unspecified atom stereocenters. The molecule has 1 aliphatic rings. The van der Waals surface area contributed by atoms with Crippen molar-refractivity contribution in [1.29, 1.82) is 0 Å². The molecule has 0 bridgehead atoms. The maximum atomic E-state index is 3.57. The molecule has 1 aliphatic heterocycles. The monoisotopic (exact) mass is 269 g/mol. The van der Waals surface area contributed by atoms with E-state index in [2.05, 4.69) is 49.9 Å². The smallest absolute Gasteiger partial charge is 0.0195 e. The van der Waals surface area contributed by atoms with Gasteiger partial charge in [-0.1, -0.05) is 13.3 Å². The van der Waals surface area contributed by atoms with Crippen LogP contribution in [0.4, 0.5) is 0 Å². The number of hydrogen-bond acceptors (Lipinski definition) is 3. The van der Waals surface area contributed by atoms with E-state index in [0.717, 1.165) is 6.54 Å². The summed E-state index contributed by atoms with van der Waals surface area (Å²) in [5.41, 5.74) is 0. The Morgan fingerprint density at radius 2 is 1.79 bits per heavy atom. The molecule has 0 amide bonds. The first-order valence-corrected chi connectivity index (χ1v) is 8.22. The van der Waals surface area contributed by atoms with Crippen LogP contribution in [0.1, 0.15) is 53.4 Å². The first-order chi connectivity index (χ1) is 9.04. The van der Waals surface area contributed by atoms with Gasteiger partial charge < -0.3 is 10.2 Å². The van der Waals surface area contributed by atoms with Gasteiger partial charge in [0, 0.05) is 31.2 Å². The number of nitrogens with zero attached hydrogens (tertiary/aromatic N) is 2. The summed E-state index contributed by atoms with van der Waals surface area (Å²) in [6.45, 7) is 14.2. The van der Waals surface area contributed by atoms with E-state index in [1.165, 1.54) is 45.3 Å². The van der Waals surface area contributed by atoms with E-state index in [1.807, 2.05) is 0 Å². The van der Waals surface area contributed by atoms with Crippen LogP contribution < -0.4 is 5.32 Å². The van der Waals surface area contributed by atoms with Crippen molar-refractivity contribution in [2.45, 2.75) is 71.5 Å². The van der Waals surface area contributed by atoms with Gasteiger partial charge in [-0.15, -0.1) is 0 Å². The second kappa shape index (κ2) is 8.93. The van der Waals surface area contributed by atoms with Gasteiger partial charge in [-0.05, 0) is 60.2 Å². The molecule has 0 saturated carbocycles. The summed E-state index contributed by atoms with van der Waals surface area (Å²) in [4.78, 5) is 5.16. The normalized spacial score (nSPS) is 27.6. The van der Waals surface area contributed by atoms with E-state index in [9.17, 15) is 0 Å². The molecule has 1 saturated heterocycles. The van der Waals surface area contributed by atoms with Crippen molar-refractivity contribution in [2.24, 2.45) is 0 Å². The van der Waals surface area contributed by atoms with Crippen molar-refractivity contribution >= 4 is 0 Å². The van der Waals surface area contributed by atoms with Crippen molar-refractivity contribution in [3.63, 3.8) is 0 Å². The minimum atomic E-state index is 0.685. The molecule has 3 heteroatoms. The first-order valence-electron chi connectivity index (χ1n) is 8.22. The van der Waals surface area contributed by atoms with Crippen LogP contribution in [0.3, 0.4) is 0 Å². The molecule has 114 valence electrons. The fourth-order valence-electron chi connectivity index (χ4n) is 2.98. The largest absolute Gasteiger partial charge is 0.314 e. The van der Waals surface area contributed by atoms with Crippen LogP contribution in [0.5, 0.6) is 0 Å². The van der Waals surface area contributed by atoms with Gasteiger partial charge in [0.25, 0.3) is 0 Å². The second-order valence-corrected chi connectivity index (χ2v) is 6.47. The summed E-state index contributed by atoms with van der Waals surface area (Å²) in [6.07, 6.45) is 5.26. The van der Waals surface area contributed by atoms with Crippen molar-refractivity contribution in [3.05, 3.63) is 0 Å². The lowest BCUT2D eigenvalue weighted by molar-refractivity contribution is 0.0590. The van der Waals surface area contributed by atoms with Gasteiger partial charge in [-0.25, -0.2) is 0 Å². The molecule has 0 radical (unpaired) electrons. The molecule has 19 heavy (non-hydrogen) atoms. The number of nitrogens with one attached hydrogen (secondary N) is 1. The zero-order valence-electron chi connectivity index (χ0n) is 13.8. The van der Waals surface area contributed by atoms with E-state index >= 15 is 0 Å². The number of rotatable bonds is 8. The minimum Gasteiger partial charge on any atom is -0.314 e. The molecule has 3 nitrogen and oxygen atoms in total. The highest BCUT2D eigenvalue weighted by atomic mass is 15.3. The molecule has 0 aromatic heterocycles. The Bertz CT molecular complexity index is 220. The van der Waals surface area contributed by atoms with Crippen LogP contribution in [-0.2, 0) is 0 Å². The van der Waals surface area contributed by atoms with E-state index in [0.29, 0.717) is 18.1 Å². The van der Waals surface area contributed by atoms with Crippen molar-refractivity contribution in [3.8, 4) is 0 Å². The predicted octanol–water partition coefficient (Wildman–Crippen LogP) is 2.57. The van der Waals surface area contributed by atoms with Crippen LogP contribution in [-0.4, -0.2) is 61.2 Å². The summed E-state index contributed by atoms with van der Waals surface area (Å²) in [7, 11) is 2.26. The van der Waals surface area contributed by atoms with Gasteiger partial charge in [0.05, 0.1) is 0 Å². The maximum Gasteiger partial charge on any atom is 0.0195 e. The molecule has 1 fully saturated rings. The Morgan fingerprint density at radius 3 is 2.37 bits per heavy atom. The van der Waals surface area contributed by atoms with Crippen LogP contribution in [0.25, 0.3) is 0 Å². The Labute approximate surface area is 120 Å². The van der Waals surface area contributed by atoms with Crippen LogP contribution >= 0.6 is 0 Å². The third kappa shape index (κ3) is 6.24. The molecule has 0 aromatic rings. The zero-order chi connectivity index (χ0) is 14.3. The van der Waals surface area contributed by atoms with Gasteiger partial charge in [0.2, 0.25) is 0 Å². The highest BCUT2D eigenvalue weighted by Gasteiger charge is 2.25. The first kappa shape index (κ1) is 16.9. The summed E-state index contributed by atoms with van der Waals surface area (Å²) in [5.74, 6) is 0. The lowest BCUT2D eigenvalue weighted by Crippen LogP contribution is -2.54. The third-order valence-electron chi connectivity index (χ3n) is 4.54. The van der Waals surface area contributed by atoms with Gasteiger partial charge in [-0.3, -0.25) is 4.90 Å². The molecule has 0 aliphatic carbocycles. The summed E-state index contributed by atoms with van der Waals surface area (Å²) < 4.78 is 0. The third-order valence-corrected chi connectivity index (χ3v) is 4.54. The fourth-order valence-corrected chi connectivity index (χ4v) is 2.98. The summed E-state index contributed by atoms with van der Waals surface area (Å²) in [5, 5.41) is 3.57. The van der Waals surface area contributed by atoms with Gasteiger partial charge in [-0.2, -0.15) is 0 Å². The average Bonchev–Trinajstić information content (AvgIpc) is 2.38. The number of unbranched alkanes of at least 4 members (excludes halogenated alkanes) is 1. The number of likely N-dealkylation sites (N-methyl/N-ethyl adjacent to an activating group) is 1. The van der Waals surface area contributed by atoms with Crippen LogP contribution in [0.2, 0.25) is 0 Å². The van der Waals surface area contributed by atoms with Crippen molar-refractivity contribution in [1.82, 2.24) is 15.1 Å². The Morgan fingerprint density at radius 1 is 1.16 bits per heavy atom. The number of hydrogen-bond donors (Lipinski definition) is 1. The lowest BCUT2D eigenvalue weighted by Gasteiger charge is -2.42. The summed E-state index contributed by atoms with van der Waals surface area (Å²) in [6, 6.07) is 2.09. The Hall–Kier alpha value is -0.120. The molecule has 0 spiro atoms. The quantitative estimate of drug-likeness (QED) is 0.683. The highest BCUT2D eigenvalue weighted by molar-refractivity contribution is 4.82. The molecule has 1 heterocycles. The molecular weight excluding hydrogens is 234 g/mol. The highest BCUT2D eigenvalue weighted by Crippen LogP contribution is 2.14. The minimum absolute atomic E-state index is 0.685. The fraction of sp³-hybridized carbons (Fsp3) is 1.00. The Balaban J connectivity index is 2.09. The molecule has 0 aromatic carbocycles. The average molecular weight is 269 g/mol. The summed E-state index contributed by atoms with van der Waals surface area (Å²) >= 11 is 0. The standard InChI is InChI=1S/C16H35N3/c1-6-10-17-14(2)9-7-8-11-19-12-15(3)18(5)16(4)13-19/h14-17H,6-13H2,1-5H3. The molecule has 3 atom stereocenters. The lowest BCUT2D eigenvalue weighted by atomic mass is 10.1. The second-order valence-electron chi connectivity index (χ2n) is 6.47. The topological polar surface area (TPSA) is 18.5 Å². The van der Waals surface area contributed by atoms with Gasteiger partial charge >= 0.3 is 0 Å². The predicted molar refractivity (Wildman–Crippen MR) is 84.7 cm³/mol. The Kier molecular flexibility index (Phi) is 7.96. The van der Waals surface area contributed by atoms with Crippen LogP contribution in [0.15, 0.2) is 0 Å². The van der Waals surface area contributed by atoms with E-state index in [1.54, 1.807) is 0 Å². The SMILES string of the molecule is CCCNC(C)CCCCN1CC(C)N(C)C(C)C1. The van der Waals surface area contributed by atoms with E-state index < -0.39 is 0 Å². The van der Waals surface area contributed by atoms with Crippen molar-refractivity contribution in [2.75, 3.05) is 33.2 Å². The van der Waals surface area contributed by atoms with Crippen molar-refractivity contribution < 1.29 is 0 Å². The molecular formula is C16H35N3. The number of piperazine rings is 1. The van der Waals surface area contributed by atoms with Crippen LogP contribution in [0, 0.1) is 0 Å². The van der Waals surface area contributed by atoms with E-state index in [-0.39, 0.29) is 0 Å². The molecule has 1 rings (SSSR count).